The van der Waals surface area contributed by atoms with Crippen molar-refractivity contribution >= 4 is 17.0 Å². The van der Waals surface area contributed by atoms with Crippen LogP contribution in [0.1, 0.15) is 39.2 Å². The molecule has 1 amide bonds. The molecule has 0 saturated carbocycles. The molecule has 1 aromatic carbocycles. The molecule has 4 rings (SSSR count). The Morgan fingerprint density at radius 1 is 1.16 bits per heavy atom. The maximum atomic E-state index is 13.3. The lowest BCUT2D eigenvalue weighted by Crippen LogP contribution is -2.34. The number of rotatable bonds is 6. The molecule has 8 heteroatoms. The minimum Gasteiger partial charge on any atom is -0.466 e. The quantitative estimate of drug-likeness (QED) is 0.476. The smallest absolute Gasteiger partial charge is 0.259 e. The predicted octanol–water partition coefficient (Wildman–Crippen LogP) is 4.58. The second-order valence-corrected chi connectivity index (χ2v) is 8.07. The minimum absolute atomic E-state index is 0.126. The predicted molar refractivity (Wildman–Crippen MR) is 119 cm³/mol. The number of nitrogens with zero attached hydrogens (tertiary/aromatic N) is 3. The number of aromatic nitrogens is 2. The molecule has 3 aromatic heterocycles. The van der Waals surface area contributed by atoms with Gasteiger partial charge in [-0.1, -0.05) is 17.3 Å². The minimum atomic E-state index is -0.297. The zero-order chi connectivity index (χ0) is 23.0. The highest BCUT2D eigenvalue weighted by Crippen LogP contribution is 2.30. The van der Waals surface area contributed by atoms with Gasteiger partial charge >= 0.3 is 0 Å². The maximum absolute atomic E-state index is 13.3. The van der Waals surface area contributed by atoms with E-state index in [0.717, 1.165) is 16.9 Å². The molecule has 1 unspecified atom stereocenters. The van der Waals surface area contributed by atoms with Crippen LogP contribution < -0.4 is 5.32 Å². The first-order valence-corrected chi connectivity index (χ1v) is 10.3. The number of hydrogen-bond acceptors (Lipinski definition) is 6. The molecule has 7 nitrogen and oxygen atoms in total. The highest BCUT2D eigenvalue weighted by atomic mass is 19.1. The summed E-state index contributed by atoms with van der Waals surface area (Å²) in [5.74, 6) is 0.902. The Bertz CT molecular complexity index is 1270. The molecule has 0 spiro atoms. The Morgan fingerprint density at radius 2 is 1.88 bits per heavy atom. The second-order valence-electron chi connectivity index (χ2n) is 8.07. The van der Waals surface area contributed by atoms with Crippen LogP contribution in [0, 0.1) is 26.6 Å². The third-order valence-corrected chi connectivity index (χ3v) is 5.51. The Hall–Kier alpha value is -3.52. The highest BCUT2D eigenvalue weighted by molar-refractivity contribution is 6.07. The third-order valence-electron chi connectivity index (χ3n) is 5.51. The largest absolute Gasteiger partial charge is 0.466 e. The number of furan rings is 1. The van der Waals surface area contributed by atoms with Crippen LogP contribution >= 0.6 is 0 Å². The van der Waals surface area contributed by atoms with Crippen LogP contribution in [0.4, 0.5) is 4.39 Å². The summed E-state index contributed by atoms with van der Waals surface area (Å²) in [5, 5.41) is 7.58. The number of likely N-dealkylation sites (N-methyl/N-ethyl adjacent to an activating group) is 1. The van der Waals surface area contributed by atoms with Gasteiger partial charge in [0.1, 0.15) is 17.3 Å². The van der Waals surface area contributed by atoms with Gasteiger partial charge in [0, 0.05) is 12.1 Å². The van der Waals surface area contributed by atoms with Crippen LogP contribution in [0.15, 0.2) is 45.3 Å². The van der Waals surface area contributed by atoms with E-state index in [0.29, 0.717) is 40.4 Å². The van der Waals surface area contributed by atoms with E-state index in [9.17, 15) is 9.18 Å². The van der Waals surface area contributed by atoms with Crippen molar-refractivity contribution in [2.45, 2.75) is 26.8 Å². The average Bonchev–Trinajstić information content (AvgIpc) is 3.29. The Balaban J connectivity index is 1.67. The lowest BCUT2D eigenvalue weighted by atomic mass is 10.0. The number of carbonyl (C=O) groups excluding carboxylic acids is 1. The van der Waals surface area contributed by atoms with E-state index in [2.05, 4.69) is 15.5 Å². The topological polar surface area (TPSA) is 84.4 Å². The molecule has 0 saturated heterocycles. The van der Waals surface area contributed by atoms with Gasteiger partial charge in [0.2, 0.25) is 0 Å². The van der Waals surface area contributed by atoms with Gasteiger partial charge in [0.25, 0.3) is 11.6 Å². The number of fused-ring (bicyclic) bond motifs is 1. The number of pyridine rings is 1. The van der Waals surface area contributed by atoms with Crippen molar-refractivity contribution in [3.63, 3.8) is 0 Å². The lowest BCUT2D eigenvalue weighted by molar-refractivity contribution is 0.0943. The first-order chi connectivity index (χ1) is 15.2. The van der Waals surface area contributed by atoms with Gasteiger partial charge in [-0.05, 0) is 64.7 Å². The van der Waals surface area contributed by atoms with Crippen LogP contribution in [0.3, 0.4) is 0 Å². The number of benzene rings is 1. The fraction of sp³-hybridized carbons (Fsp3) is 0.292. The zero-order valence-corrected chi connectivity index (χ0v) is 18.7. The van der Waals surface area contributed by atoms with E-state index in [4.69, 9.17) is 8.94 Å². The van der Waals surface area contributed by atoms with E-state index < -0.39 is 0 Å². The summed E-state index contributed by atoms with van der Waals surface area (Å²) in [4.78, 5) is 19.8. The van der Waals surface area contributed by atoms with Crippen LogP contribution in [-0.2, 0) is 0 Å². The monoisotopic (exact) mass is 436 g/mol. The molecule has 166 valence electrons. The van der Waals surface area contributed by atoms with Crippen LogP contribution in [0.2, 0.25) is 0 Å². The maximum Gasteiger partial charge on any atom is 0.259 e. The molecule has 0 aliphatic heterocycles. The number of hydrogen-bond donors (Lipinski definition) is 1. The molecule has 1 N–H and O–H groups in total. The van der Waals surface area contributed by atoms with E-state index in [1.807, 2.05) is 38.9 Å². The van der Waals surface area contributed by atoms with Crippen molar-refractivity contribution in [2.24, 2.45) is 0 Å². The van der Waals surface area contributed by atoms with E-state index in [-0.39, 0.29) is 17.8 Å². The normalized spacial score (nSPS) is 12.5. The van der Waals surface area contributed by atoms with Crippen molar-refractivity contribution in [1.29, 1.82) is 0 Å². The Kier molecular flexibility index (Phi) is 5.80. The number of amides is 1. The second kappa shape index (κ2) is 8.55. The fourth-order valence-corrected chi connectivity index (χ4v) is 3.86. The molecule has 1 atom stereocenters. The Morgan fingerprint density at radius 3 is 2.50 bits per heavy atom. The summed E-state index contributed by atoms with van der Waals surface area (Å²) in [6.45, 7) is 5.82. The summed E-state index contributed by atoms with van der Waals surface area (Å²) in [6.07, 6.45) is 0. The lowest BCUT2D eigenvalue weighted by Gasteiger charge is -2.25. The molecule has 0 aliphatic rings. The molecule has 0 radical (unpaired) electrons. The van der Waals surface area contributed by atoms with Gasteiger partial charge in [-0.15, -0.1) is 0 Å². The van der Waals surface area contributed by atoms with Gasteiger partial charge < -0.3 is 19.2 Å². The number of halogens is 1. The molecule has 4 aromatic rings. The molecule has 32 heavy (non-hydrogen) atoms. The Labute approximate surface area is 185 Å². The summed E-state index contributed by atoms with van der Waals surface area (Å²) < 4.78 is 24.3. The van der Waals surface area contributed by atoms with Gasteiger partial charge in [0.15, 0.2) is 0 Å². The van der Waals surface area contributed by atoms with E-state index in [1.165, 1.54) is 12.1 Å². The SMILES string of the molecule is Cc1cc(-c2cc(C(=O)NCC(c3ccc(F)cc3)N(C)C)c3c(C)noc3n2)c(C)o1. The summed E-state index contributed by atoms with van der Waals surface area (Å²) in [7, 11) is 3.83. The number of nitrogens with one attached hydrogen (secondary N) is 1. The molecule has 3 heterocycles. The van der Waals surface area contributed by atoms with E-state index >= 15 is 0 Å². The molecular weight excluding hydrogens is 411 g/mol. The first kappa shape index (κ1) is 21.7. The van der Waals surface area contributed by atoms with Gasteiger partial charge in [-0.3, -0.25) is 4.79 Å². The van der Waals surface area contributed by atoms with E-state index in [1.54, 1.807) is 25.1 Å². The third kappa shape index (κ3) is 4.13. The van der Waals surface area contributed by atoms with Gasteiger partial charge in [-0.2, -0.15) is 0 Å². The van der Waals surface area contributed by atoms with Crippen molar-refractivity contribution in [3.8, 4) is 11.3 Å². The molecule has 0 fully saturated rings. The van der Waals surface area contributed by atoms with Crippen LogP contribution in [0.25, 0.3) is 22.4 Å². The fourth-order valence-electron chi connectivity index (χ4n) is 3.86. The van der Waals surface area contributed by atoms with Crippen molar-refractivity contribution < 1.29 is 18.1 Å². The summed E-state index contributed by atoms with van der Waals surface area (Å²) >= 11 is 0. The van der Waals surface area contributed by atoms with Crippen LogP contribution in [0.5, 0.6) is 0 Å². The summed E-state index contributed by atoms with van der Waals surface area (Å²) in [5.41, 5.74) is 3.60. The number of carbonyl (C=O) groups is 1. The van der Waals surface area contributed by atoms with Crippen molar-refractivity contribution in [2.75, 3.05) is 20.6 Å². The van der Waals surface area contributed by atoms with Crippen LogP contribution in [-0.4, -0.2) is 41.6 Å². The summed E-state index contributed by atoms with van der Waals surface area (Å²) in [6, 6.07) is 9.78. The van der Waals surface area contributed by atoms with Gasteiger partial charge in [-0.25, -0.2) is 9.37 Å². The molecule has 0 aliphatic carbocycles. The van der Waals surface area contributed by atoms with Crippen molar-refractivity contribution in [1.82, 2.24) is 20.4 Å². The first-order valence-electron chi connectivity index (χ1n) is 10.3. The highest BCUT2D eigenvalue weighted by Gasteiger charge is 2.22. The zero-order valence-electron chi connectivity index (χ0n) is 18.7. The average molecular weight is 436 g/mol. The van der Waals surface area contributed by atoms with Gasteiger partial charge in [0.05, 0.1) is 28.4 Å². The number of aryl methyl sites for hydroxylation is 3. The molecule has 0 bridgehead atoms. The van der Waals surface area contributed by atoms with Crippen molar-refractivity contribution in [3.05, 3.63) is 70.6 Å². The molecular formula is C24H25FN4O3. The standard InChI is InChI=1S/C24H25FN4O3/c1-13-10-18(15(3)31-13)20-11-19(22-14(2)28-32-24(22)27-20)23(30)26-12-21(29(4)5)16-6-8-17(25)9-7-16/h6-11,21H,12H2,1-5H3,(H,26,30).